The first-order valence-corrected chi connectivity index (χ1v) is 10.1. The summed E-state index contributed by atoms with van der Waals surface area (Å²) in [6.07, 6.45) is 7.46. The SMILES string of the molecule is Cc1cccc(CN2CCC3(CC2)OCC[C@H]3CCOCC2CC2)n1. The molecule has 138 valence electrons. The first kappa shape index (κ1) is 17.4. The molecule has 1 saturated carbocycles. The summed E-state index contributed by atoms with van der Waals surface area (Å²) >= 11 is 0. The molecule has 1 aliphatic carbocycles. The Kier molecular flexibility index (Phi) is 5.39. The lowest BCUT2D eigenvalue weighted by Gasteiger charge is -2.42. The number of aryl methyl sites for hydroxylation is 1. The Balaban J connectivity index is 1.25. The zero-order valence-electron chi connectivity index (χ0n) is 15.6. The van der Waals surface area contributed by atoms with Crippen molar-refractivity contribution in [2.45, 2.75) is 57.6 Å². The fourth-order valence-corrected chi connectivity index (χ4v) is 4.51. The van der Waals surface area contributed by atoms with Gasteiger partial charge in [0.2, 0.25) is 0 Å². The van der Waals surface area contributed by atoms with Crippen LogP contribution in [0.15, 0.2) is 18.2 Å². The molecule has 0 N–H and O–H groups in total. The van der Waals surface area contributed by atoms with Crippen molar-refractivity contribution in [2.75, 3.05) is 32.9 Å². The maximum atomic E-state index is 6.30. The number of rotatable bonds is 7. The van der Waals surface area contributed by atoms with E-state index < -0.39 is 0 Å². The minimum absolute atomic E-state index is 0.124. The molecule has 0 radical (unpaired) electrons. The van der Waals surface area contributed by atoms with Gasteiger partial charge in [-0.15, -0.1) is 0 Å². The fraction of sp³-hybridized carbons (Fsp3) is 0.762. The highest BCUT2D eigenvalue weighted by molar-refractivity contribution is 5.10. The largest absolute Gasteiger partial charge is 0.381 e. The van der Waals surface area contributed by atoms with Crippen molar-refractivity contribution in [3.05, 3.63) is 29.6 Å². The molecule has 0 unspecified atom stereocenters. The summed E-state index contributed by atoms with van der Waals surface area (Å²) in [6, 6.07) is 6.32. The summed E-state index contributed by atoms with van der Waals surface area (Å²) < 4.78 is 12.2. The van der Waals surface area contributed by atoms with Crippen molar-refractivity contribution in [1.82, 2.24) is 9.88 Å². The number of aromatic nitrogens is 1. The van der Waals surface area contributed by atoms with E-state index in [0.29, 0.717) is 5.92 Å². The average Bonchev–Trinajstić information content (AvgIpc) is 3.36. The Labute approximate surface area is 151 Å². The van der Waals surface area contributed by atoms with Crippen LogP contribution in [0, 0.1) is 18.8 Å². The van der Waals surface area contributed by atoms with Crippen LogP contribution < -0.4 is 0 Å². The van der Waals surface area contributed by atoms with Crippen LogP contribution in [0.3, 0.4) is 0 Å². The number of ether oxygens (including phenoxy) is 2. The van der Waals surface area contributed by atoms with Crippen LogP contribution in [-0.4, -0.2) is 48.4 Å². The van der Waals surface area contributed by atoms with Gasteiger partial charge in [0.25, 0.3) is 0 Å². The van der Waals surface area contributed by atoms with Crippen molar-refractivity contribution >= 4 is 0 Å². The predicted molar refractivity (Wildman–Crippen MR) is 98.4 cm³/mol. The summed E-state index contributed by atoms with van der Waals surface area (Å²) in [5.74, 6) is 1.55. The van der Waals surface area contributed by atoms with Crippen molar-refractivity contribution in [3.63, 3.8) is 0 Å². The predicted octanol–water partition coefficient (Wildman–Crippen LogP) is 3.58. The third-order valence-electron chi connectivity index (χ3n) is 6.29. The summed E-state index contributed by atoms with van der Waals surface area (Å²) in [6.45, 7) is 8.11. The molecule has 0 aromatic carbocycles. The van der Waals surface area contributed by atoms with E-state index in [0.717, 1.165) is 63.9 Å². The van der Waals surface area contributed by atoms with Crippen LogP contribution in [0.2, 0.25) is 0 Å². The second kappa shape index (κ2) is 7.73. The first-order chi connectivity index (χ1) is 12.2. The zero-order valence-corrected chi connectivity index (χ0v) is 15.6. The van der Waals surface area contributed by atoms with Gasteiger partial charge in [0.1, 0.15) is 0 Å². The second-order valence-corrected chi connectivity index (χ2v) is 8.25. The van der Waals surface area contributed by atoms with Crippen LogP contribution in [0.4, 0.5) is 0 Å². The molecule has 1 atom stereocenters. The highest BCUT2D eigenvalue weighted by Gasteiger charge is 2.45. The summed E-state index contributed by atoms with van der Waals surface area (Å²) in [5.41, 5.74) is 2.42. The van der Waals surface area contributed by atoms with Gasteiger partial charge >= 0.3 is 0 Å². The first-order valence-electron chi connectivity index (χ1n) is 10.1. The van der Waals surface area contributed by atoms with E-state index in [1.807, 2.05) is 0 Å². The van der Waals surface area contributed by atoms with Gasteiger partial charge in [-0.05, 0) is 69.4 Å². The maximum absolute atomic E-state index is 6.30. The van der Waals surface area contributed by atoms with Crippen LogP contribution in [0.5, 0.6) is 0 Å². The topological polar surface area (TPSA) is 34.6 Å². The van der Waals surface area contributed by atoms with Crippen LogP contribution in [0.25, 0.3) is 0 Å². The molecule has 2 saturated heterocycles. The summed E-state index contributed by atoms with van der Waals surface area (Å²) in [5, 5.41) is 0. The molecule has 0 amide bonds. The second-order valence-electron chi connectivity index (χ2n) is 8.25. The van der Waals surface area contributed by atoms with E-state index in [1.165, 1.54) is 31.4 Å². The third kappa shape index (κ3) is 4.42. The summed E-state index contributed by atoms with van der Waals surface area (Å²) in [4.78, 5) is 7.19. The van der Waals surface area contributed by atoms with Crippen LogP contribution >= 0.6 is 0 Å². The zero-order chi connectivity index (χ0) is 17.1. The van der Waals surface area contributed by atoms with Crippen LogP contribution in [0.1, 0.15) is 49.9 Å². The highest BCUT2D eigenvalue weighted by atomic mass is 16.5. The van der Waals surface area contributed by atoms with E-state index in [2.05, 4.69) is 35.0 Å². The molecule has 4 rings (SSSR count). The highest BCUT2D eigenvalue weighted by Crippen LogP contribution is 2.42. The Morgan fingerprint density at radius 2 is 2.08 bits per heavy atom. The van der Waals surface area contributed by atoms with Gasteiger partial charge in [-0.1, -0.05) is 6.07 Å². The molecule has 3 aliphatic rings. The van der Waals surface area contributed by atoms with Crippen molar-refractivity contribution in [3.8, 4) is 0 Å². The van der Waals surface area contributed by atoms with Gasteiger partial charge in [-0.2, -0.15) is 0 Å². The van der Waals surface area contributed by atoms with Gasteiger partial charge in [-0.3, -0.25) is 9.88 Å². The number of pyridine rings is 1. The minimum Gasteiger partial charge on any atom is -0.381 e. The molecule has 3 heterocycles. The quantitative estimate of drug-likeness (QED) is 0.708. The maximum Gasteiger partial charge on any atom is 0.0736 e. The molecule has 1 aromatic heterocycles. The van der Waals surface area contributed by atoms with Crippen LogP contribution in [-0.2, 0) is 16.0 Å². The molecule has 4 heteroatoms. The standard InChI is InChI=1S/C21H32N2O2/c1-17-3-2-4-20(22-17)15-23-11-9-21(10-12-23)19(8-14-25-21)7-13-24-16-18-5-6-18/h2-4,18-19H,5-16H2,1H3/t19-/m1/s1. The minimum atomic E-state index is 0.124. The molecule has 4 nitrogen and oxygen atoms in total. The van der Waals surface area contributed by atoms with E-state index in [-0.39, 0.29) is 5.60 Å². The fourth-order valence-electron chi connectivity index (χ4n) is 4.51. The average molecular weight is 344 g/mol. The van der Waals surface area contributed by atoms with E-state index in [9.17, 15) is 0 Å². The molecule has 1 spiro atoms. The van der Waals surface area contributed by atoms with Gasteiger partial charge in [-0.25, -0.2) is 0 Å². The Hall–Kier alpha value is -0.970. The van der Waals surface area contributed by atoms with E-state index in [1.54, 1.807) is 0 Å². The number of piperidine rings is 1. The number of hydrogen-bond donors (Lipinski definition) is 0. The normalized spacial score (nSPS) is 26.4. The van der Waals surface area contributed by atoms with Gasteiger partial charge < -0.3 is 9.47 Å². The molecule has 1 aromatic rings. The lowest BCUT2D eigenvalue weighted by atomic mass is 9.78. The van der Waals surface area contributed by atoms with Gasteiger partial charge in [0, 0.05) is 45.1 Å². The third-order valence-corrected chi connectivity index (χ3v) is 6.29. The molecular formula is C21H32N2O2. The molecule has 0 bridgehead atoms. The molecule has 25 heavy (non-hydrogen) atoms. The van der Waals surface area contributed by atoms with Crippen molar-refractivity contribution in [2.24, 2.45) is 11.8 Å². The summed E-state index contributed by atoms with van der Waals surface area (Å²) in [7, 11) is 0. The van der Waals surface area contributed by atoms with E-state index in [4.69, 9.17) is 9.47 Å². The van der Waals surface area contributed by atoms with E-state index >= 15 is 0 Å². The van der Waals surface area contributed by atoms with Gasteiger partial charge in [0.05, 0.1) is 11.3 Å². The lowest BCUT2D eigenvalue weighted by Crippen LogP contribution is -2.47. The molecular weight excluding hydrogens is 312 g/mol. The number of hydrogen-bond acceptors (Lipinski definition) is 4. The molecule has 3 fully saturated rings. The number of nitrogens with zero attached hydrogens (tertiary/aromatic N) is 2. The van der Waals surface area contributed by atoms with Crippen molar-refractivity contribution in [1.29, 1.82) is 0 Å². The Morgan fingerprint density at radius 1 is 1.24 bits per heavy atom. The monoisotopic (exact) mass is 344 g/mol. The molecule has 2 aliphatic heterocycles. The lowest BCUT2D eigenvalue weighted by molar-refractivity contribution is -0.0732. The van der Waals surface area contributed by atoms with Gasteiger partial charge in [0.15, 0.2) is 0 Å². The Morgan fingerprint density at radius 3 is 2.84 bits per heavy atom. The Bertz CT molecular complexity index is 565. The van der Waals surface area contributed by atoms with Crippen molar-refractivity contribution < 1.29 is 9.47 Å². The smallest absolute Gasteiger partial charge is 0.0736 e. The number of likely N-dealkylation sites (tertiary alicyclic amines) is 1.